The Morgan fingerprint density at radius 3 is 2.50 bits per heavy atom. The number of hydrogen-bond donors (Lipinski definition) is 3. The molecule has 3 rings (SSSR count). The fraction of sp³-hybridized carbons (Fsp3) is 0.273. The van der Waals surface area contributed by atoms with E-state index in [0.717, 1.165) is 40.4 Å². The zero-order valence-corrected chi connectivity index (χ0v) is 16.5. The van der Waals surface area contributed by atoms with E-state index in [9.17, 15) is 4.79 Å². The van der Waals surface area contributed by atoms with Crippen molar-refractivity contribution in [3.05, 3.63) is 71.0 Å². The van der Waals surface area contributed by atoms with Crippen molar-refractivity contribution in [3.63, 3.8) is 0 Å². The van der Waals surface area contributed by atoms with E-state index in [1.165, 1.54) is 0 Å². The zero-order chi connectivity index (χ0) is 19.9. The summed E-state index contributed by atoms with van der Waals surface area (Å²) in [7, 11) is 1.62. The fourth-order valence-electron chi connectivity index (χ4n) is 2.98. The third-order valence-corrected chi connectivity index (χ3v) is 4.57. The van der Waals surface area contributed by atoms with E-state index in [-0.39, 0.29) is 5.91 Å². The molecule has 0 unspecified atom stereocenters. The highest BCUT2D eigenvalue weighted by Crippen LogP contribution is 2.24. The minimum absolute atomic E-state index is 0.0914. The quantitative estimate of drug-likeness (QED) is 0.454. The Kier molecular flexibility index (Phi) is 6.32. The Labute approximate surface area is 165 Å². The number of nitrogens with one attached hydrogen (secondary N) is 3. The predicted octanol–water partition coefficient (Wildman–Crippen LogP) is 3.36. The Morgan fingerprint density at radius 1 is 1.07 bits per heavy atom. The van der Waals surface area contributed by atoms with E-state index in [0.29, 0.717) is 18.7 Å². The van der Waals surface area contributed by atoms with Crippen molar-refractivity contribution in [2.24, 2.45) is 4.99 Å². The molecule has 0 aliphatic carbocycles. The normalized spacial score (nSPS) is 11.5. The number of rotatable bonds is 6. The number of guanidine groups is 1. The maximum absolute atomic E-state index is 11.6. The van der Waals surface area contributed by atoms with Crippen molar-refractivity contribution in [1.82, 2.24) is 16.0 Å². The lowest BCUT2D eigenvalue weighted by Crippen LogP contribution is -2.36. The van der Waals surface area contributed by atoms with Crippen LogP contribution in [0.3, 0.4) is 0 Å². The van der Waals surface area contributed by atoms with E-state index in [1.807, 2.05) is 49.4 Å². The fourth-order valence-corrected chi connectivity index (χ4v) is 2.98. The van der Waals surface area contributed by atoms with Crippen LogP contribution in [0.4, 0.5) is 0 Å². The number of furan rings is 1. The lowest BCUT2D eigenvalue weighted by Gasteiger charge is -2.11. The summed E-state index contributed by atoms with van der Waals surface area (Å²) in [6.45, 7) is 5.94. The van der Waals surface area contributed by atoms with Crippen molar-refractivity contribution >= 4 is 22.8 Å². The second kappa shape index (κ2) is 9.08. The summed E-state index contributed by atoms with van der Waals surface area (Å²) in [6, 6.07) is 15.5. The Hall–Kier alpha value is -3.28. The second-order valence-corrected chi connectivity index (χ2v) is 6.47. The molecule has 3 N–H and O–H groups in total. The molecule has 6 heteroatoms. The molecule has 0 spiro atoms. The van der Waals surface area contributed by atoms with Gasteiger partial charge in [0.2, 0.25) is 0 Å². The summed E-state index contributed by atoms with van der Waals surface area (Å²) >= 11 is 0. The molecule has 1 aromatic heterocycles. The molecule has 0 aliphatic heterocycles. The van der Waals surface area contributed by atoms with Crippen LogP contribution in [0.1, 0.15) is 34.2 Å². The van der Waals surface area contributed by atoms with Gasteiger partial charge in [-0.15, -0.1) is 0 Å². The molecule has 0 radical (unpaired) electrons. The number of benzene rings is 2. The van der Waals surface area contributed by atoms with Crippen LogP contribution >= 0.6 is 0 Å². The molecule has 146 valence electrons. The number of amides is 1. The molecule has 3 aromatic rings. The standard InChI is InChI=1S/C22H26N4O2/c1-4-24-22(25-13-16-9-11-17(12-10-16)21(27)23-3)26-14-20-15(2)18-7-5-6-8-19(18)28-20/h5-12H,4,13-14H2,1-3H3,(H,23,27)(H2,24,25,26). The van der Waals surface area contributed by atoms with Crippen molar-refractivity contribution in [1.29, 1.82) is 0 Å². The average molecular weight is 378 g/mol. The summed E-state index contributed by atoms with van der Waals surface area (Å²) in [4.78, 5) is 16.2. The van der Waals surface area contributed by atoms with Crippen LogP contribution in [-0.4, -0.2) is 25.5 Å². The van der Waals surface area contributed by atoms with Crippen LogP contribution in [0.15, 0.2) is 57.9 Å². The minimum atomic E-state index is -0.0914. The number of aryl methyl sites for hydroxylation is 1. The lowest BCUT2D eigenvalue weighted by atomic mass is 10.1. The number of carbonyl (C=O) groups excluding carboxylic acids is 1. The van der Waals surface area contributed by atoms with E-state index < -0.39 is 0 Å². The molecule has 1 heterocycles. The lowest BCUT2D eigenvalue weighted by molar-refractivity contribution is 0.0963. The molecule has 0 atom stereocenters. The highest BCUT2D eigenvalue weighted by molar-refractivity contribution is 5.94. The summed E-state index contributed by atoms with van der Waals surface area (Å²) < 4.78 is 5.95. The smallest absolute Gasteiger partial charge is 0.251 e. The van der Waals surface area contributed by atoms with Gasteiger partial charge >= 0.3 is 0 Å². The third-order valence-electron chi connectivity index (χ3n) is 4.57. The van der Waals surface area contributed by atoms with Crippen LogP contribution in [0.25, 0.3) is 11.0 Å². The van der Waals surface area contributed by atoms with Gasteiger partial charge in [-0.1, -0.05) is 30.3 Å². The van der Waals surface area contributed by atoms with Crippen molar-refractivity contribution in [3.8, 4) is 0 Å². The van der Waals surface area contributed by atoms with Gasteiger partial charge in [0, 0.05) is 30.1 Å². The Balaban J connectivity index is 1.67. The summed E-state index contributed by atoms with van der Waals surface area (Å²) in [6.07, 6.45) is 0. The monoisotopic (exact) mass is 378 g/mol. The number of para-hydroxylation sites is 1. The SMILES string of the molecule is CCNC(=NCc1ccc(C(=O)NC)cc1)NCc1oc2ccccc2c1C. The van der Waals surface area contributed by atoms with E-state index in [2.05, 4.69) is 33.9 Å². The number of nitrogens with zero attached hydrogens (tertiary/aromatic N) is 1. The van der Waals surface area contributed by atoms with Gasteiger partial charge in [-0.3, -0.25) is 4.79 Å². The molecular weight excluding hydrogens is 352 g/mol. The summed E-state index contributed by atoms with van der Waals surface area (Å²) in [5.74, 6) is 1.53. The first-order valence-corrected chi connectivity index (χ1v) is 9.42. The second-order valence-electron chi connectivity index (χ2n) is 6.47. The zero-order valence-electron chi connectivity index (χ0n) is 16.5. The molecule has 0 bridgehead atoms. The van der Waals surface area contributed by atoms with Crippen LogP contribution in [-0.2, 0) is 13.1 Å². The largest absolute Gasteiger partial charge is 0.459 e. The van der Waals surface area contributed by atoms with E-state index >= 15 is 0 Å². The van der Waals surface area contributed by atoms with Gasteiger partial charge in [0.05, 0.1) is 13.1 Å². The van der Waals surface area contributed by atoms with Gasteiger partial charge in [0.25, 0.3) is 5.91 Å². The summed E-state index contributed by atoms with van der Waals surface area (Å²) in [5.41, 5.74) is 3.71. The third kappa shape index (κ3) is 4.52. The molecule has 0 aliphatic rings. The van der Waals surface area contributed by atoms with Gasteiger partial charge in [-0.05, 0) is 37.6 Å². The maximum atomic E-state index is 11.6. The van der Waals surface area contributed by atoms with E-state index in [4.69, 9.17) is 4.42 Å². The van der Waals surface area contributed by atoms with Crippen LogP contribution in [0.2, 0.25) is 0 Å². The molecule has 6 nitrogen and oxygen atoms in total. The molecule has 0 fully saturated rings. The Morgan fingerprint density at radius 2 is 1.82 bits per heavy atom. The topological polar surface area (TPSA) is 78.7 Å². The van der Waals surface area contributed by atoms with Gasteiger partial charge in [0.15, 0.2) is 5.96 Å². The molecule has 0 saturated carbocycles. The molecule has 28 heavy (non-hydrogen) atoms. The van der Waals surface area contributed by atoms with Gasteiger partial charge < -0.3 is 20.4 Å². The van der Waals surface area contributed by atoms with E-state index in [1.54, 1.807) is 7.05 Å². The minimum Gasteiger partial charge on any atom is -0.459 e. The molecular formula is C22H26N4O2. The van der Waals surface area contributed by atoms with Gasteiger partial charge in [0.1, 0.15) is 11.3 Å². The van der Waals surface area contributed by atoms with Crippen molar-refractivity contribution in [2.75, 3.05) is 13.6 Å². The predicted molar refractivity (Wildman–Crippen MR) is 112 cm³/mol. The maximum Gasteiger partial charge on any atom is 0.251 e. The molecule has 1 amide bonds. The molecule has 2 aromatic carbocycles. The van der Waals surface area contributed by atoms with Gasteiger partial charge in [-0.2, -0.15) is 0 Å². The number of aliphatic imine (C=N–C) groups is 1. The number of carbonyl (C=O) groups is 1. The van der Waals surface area contributed by atoms with Crippen molar-refractivity contribution in [2.45, 2.75) is 26.9 Å². The highest BCUT2D eigenvalue weighted by atomic mass is 16.3. The highest BCUT2D eigenvalue weighted by Gasteiger charge is 2.10. The first-order valence-electron chi connectivity index (χ1n) is 9.42. The Bertz CT molecular complexity index is 974. The van der Waals surface area contributed by atoms with Crippen molar-refractivity contribution < 1.29 is 9.21 Å². The number of fused-ring (bicyclic) bond motifs is 1. The van der Waals surface area contributed by atoms with Crippen LogP contribution in [0, 0.1) is 6.92 Å². The average Bonchev–Trinajstić information content (AvgIpc) is 3.06. The summed E-state index contributed by atoms with van der Waals surface area (Å²) in [5, 5.41) is 10.3. The van der Waals surface area contributed by atoms with Crippen LogP contribution in [0.5, 0.6) is 0 Å². The first-order chi connectivity index (χ1) is 13.6. The van der Waals surface area contributed by atoms with Crippen LogP contribution < -0.4 is 16.0 Å². The van der Waals surface area contributed by atoms with Gasteiger partial charge in [-0.25, -0.2) is 4.99 Å². The number of hydrogen-bond acceptors (Lipinski definition) is 3. The first kappa shape index (κ1) is 19.5. The molecule has 0 saturated heterocycles.